The predicted molar refractivity (Wildman–Crippen MR) is 114 cm³/mol. The lowest BCUT2D eigenvalue weighted by Gasteiger charge is -2.37. The van der Waals surface area contributed by atoms with Crippen LogP contribution >= 0.6 is 11.8 Å². The molecular weight excluding hydrogens is 384 g/mol. The molecule has 0 aromatic heterocycles. The highest BCUT2D eigenvalue weighted by molar-refractivity contribution is 8.00. The van der Waals surface area contributed by atoms with E-state index in [1.807, 2.05) is 70.5 Å². The molecule has 5 nitrogen and oxygen atoms in total. The van der Waals surface area contributed by atoms with Crippen LogP contribution in [0.25, 0.3) is 0 Å². The second-order valence-electron chi connectivity index (χ2n) is 7.37. The van der Waals surface area contributed by atoms with Crippen LogP contribution in [-0.2, 0) is 14.3 Å². The largest absolute Gasteiger partial charge is 0.368 e. The zero-order valence-corrected chi connectivity index (χ0v) is 17.2. The average molecular weight is 411 g/mol. The van der Waals surface area contributed by atoms with Crippen molar-refractivity contribution in [3.8, 4) is 0 Å². The first-order valence-corrected chi connectivity index (χ1v) is 11.1. The number of carbonyl (C=O) groups is 2. The van der Waals surface area contributed by atoms with Gasteiger partial charge in [-0.25, -0.2) is 0 Å². The van der Waals surface area contributed by atoms with E-state index < -0.39 is 0 Å². The average Bonchev–Trinajstić information content (AvgIpc) is 3.33. The monoisotopic (exact) mass is 410 g/mol. The maximum atomic E-state index is 13.4. The van der Waals surface area contributed by atoms with Crippen molar-refractivity contribution in [3.05, 3.63) is 66.2 Å². The summed E-state index contributed by atoms with van der Waals surface area (Å²) in [4.78, 5) is 30.8. The van der Waals surface area contributed by atoms with Gasteiger partial charge in [0.1, 0.15) is 11.4 Å². The molecule has 6 heteroatoms. The van der Waals surface area contributed by atoms with Gasteiger partial charge in [-0.05, 0) is 30.5 Å². The molecule has 0 spiro atoms. The summed E-state index contributed by atoms with van der Waals surface area (Å²) in [6.45, 7) is 2.94. The molecule has 2 unspecified atom stereocenters. The van der Waals surface area contributed by atoms with E-state index in [4.69, 9.17) is 4.74 Å². The van der Waals surface area contributed by atoms with Gasteiger partial charge in [0, 0.05) is 37.7 Å². The van der Waals surface area contributed by atoms with Crippen molar-refractivity contribution in [1.29, 1.82) is 0 Å². The Morgan fingerprint density at radius 2 is 1.52 bits per heavy atom. The molecule has 4 rings (SSSR count). The number of nitrogens with zero attached hydrogens (tertiary/aromatic N) is 2. The molecule has 29 heavy (non-hydrogen) atoms. The summed E-state index contributed by atoms with van der Waals surface area (Å²) in [5.41, 5.74) is 1.00. The Labute approximate surface area is 176 Å². The van der Waals surface area contributed by atoms with Crippen molar-refractivity contribution in [1.82, 2.24) is 9.80 Å². The van der Waals surface area contributed by atoms with Gasteiger partial charge in [-0.1, -0.05) is 48.5 Å². The molecule has 0 bridgehead atoms. The summed E-state index contributed by atoms with van der Waals surface area (Å²) < 4.78 is 5.53. The molecule has 0 aliphatic carbocycles. The van der Waals surface area contributed by atoms with Gasteiger partial charge >= 0.3 is 0 Å². The standard InChI is InChI=1S/C23H26N2O3S/c26-22(20-12-7-17-28-20)24-13-15-25(16-14-24)23(27)21(18-8-3-1-4-9-18)29-19-10-5-2-6-11-19/h1-6,8-11,20-21H,7,12-17H2. The highest BCUT2D eigenvalue weighted by Crippen LogP contribution is 2.36. The lowest BCUT2D eigenvalue weighted by Crippen LogP contribution is -2.53. The topological polar surface area (TPSA) is 49.9 Å². The highest BCUT2D eigenvalue weighted by Gasteiger charge is 2.33. The molecule has 2 fully saturated rings. The summed E-state index contributed by atoms with van der Waals surface area (Å²) in [5, 5.41) is -0.293. The SMILES string of the molecule is O=C(C1CCCO1)N1CCN(C(=O)C(Sc2ccccc2)c2ccccc2)CC1. The Balaban J connectivity index is 1.43. The van der Waals surface area contributed by atoms with Crippen LogP contribution in [-0.4, -0.2) is 60.5 Å². The number of thioether (sulfide) groups is 1. The lowest BCUT2D eigenvalue weighted by molar-refractivity contribution is -0.145. The number of ether oxygens (including phenoxy) is 1. The van der Waals surface area contributed by atoms with Crippen molar-refractivity contribution in [2.75, 3.05) is 32.8 Å². The molecule has 0 N–H and O–H groups in total. The molecule has 2 amide bonds. The van der Waals surface area contributed by atoms with Gasteiger partial charge < -0.3 is 14.5 Å². The first kappa shape index (κ1) is 20.0. The van der Waals surface area contributed by atoms with Crippen molar-refractivity contribution >= 4 is 23.6 Å². The third-order valence-corrected chi connectivity index (χ3v) is 6.69. The Morgan fingerprint density at radius 3 is 2.14 bits per heavy atom. The number of rotatable bonds is 5. The Hall–Kier alpha value is -2.31. The second kappa shape index (κ2) is 9.46. The van der Waals surface area contributed by atoms with Crippen LogP contribution in [0.15, 0.2) is 65.6 Å². The van der Waals surface area contributed by atoms with E-state index in [2.05, 4.69) is 0 Å². The van der Waals surface area contributed by atoms with Crippen LogP contribution in [0.4, 0.5) is 0 Å². The van der Waals surface area contributed by atoms with Gasteiger partial charge in [0.2, 0.25) is 5.91 Å². The highest BCUT2D eigenvalue weighted by atomic mass is 32.2. The summed E-state index contributed by atoms with van der Waals surface area (Å²) in [6.07, 6.45) is 1.47. The maximum absolute atomic E-state index is 13.4. The molecule has 2 atom stereocenters. The molecule has 2 aliphatic rings. The van der Waals surface area contributed by atoms with Crippen LogP contribution in [0.3, 0.4) is 0 Å². The van der Waals surface area contributed by atoms with Crippen LogP contribution in [0.2, 0.25) is 0 Å². The minimum atomic E-state index is -0.293. The lowest BCUT2D eigenvalue weighted by atomic mass is 10.1. The van der Waals surface area contributed by atoms with E-state index >= 15 is 0 Å². The fourth-order valence-corrected chi connectivity index (χ4v) is 4.94. The van der Waals surface area contributed by atoms with Gasteiger partial charge in [0.05, 0.1) is 0 Å². The Morgan fingerprint density at radius 1 is 0.897 bits per heavy atom. The van der Waals surface area contributed by atoms with Crippen molar-refractivity contribution in [2.45, 2.75) is 29.1 Å². The maximum Gasteiger partial charge on any atom is 0.251 e. The summed E-state index contributed by atoms with van der Waals surface area (Å²) >= 11 is 1.58. The van der Waals surface area contributed by atoms with Crippen LogP contribution < -0.4 is 0 Å². The van der Waals surface area contributed by atoms with Gasteiger partial charge in [-0.2, -0.15) is 0 Å². The number of carbonyl (C=O) groups excluding carboxylic acids is 2. The summed E-state index contributed by atoms with van der Waals surface area (Å²) in [6, 6.07) is 20.0. The summed E-state index contributed by atoms with van der Waals surface area (Å²) in [5.74, 6) is 0.183. The zero-order valence-electron chi connectivity index (χ0n) is 16.4. The molecule has 2 aliphatic heterocycles. The number of hydrogen-bond acceptors (Lipinski definition) is 4. The Bertz CT molecular complexity index is 817. The Kier molecular flexibility index (Phi) is 6.52. The zero-order chi connectivity index (χ0) is 20.1. The van der Waals surface area contributed by atoms with E-state index in [-0.39, 0.29) is 23.2 Å². The second-order valence-corrected chi connectivity index (χ2v) is 8.55. The minimum Gasteiger partial charge on any atom is -0.368 e. The molecule has 0 saturated carbocycles. The van der Waals surface area contributed by atoms with E-state index in [1.54, 1.807) is 11.8 Å². The van der Waals surface area contributed by atoms with Crippen molar-refractivity contribution < 1.29 is 14.3 Å². The molecule has 2 aromatic rings. The number of amides is 2. The van der Waals surface area contributed by atoms with Crippen molar-refractivity contribution in [2.24, 2.45) is 0 Å². The summed E-state index contributed by atoms with van der Waals surface area (Å²) in [7, 11) is 0. The quantitative estimate of drug-likeness (QED) is 0.709. The third-order valence-electron chi connectivity index (χ3n) is 5.43. The smallest absolute Gasteiger partial charge is 0.251 e. The predicted octanol–water partition coefficient (Wildman–Crippen LogP) is 3.37. The van der Waals surface area contributed by atoms with Crippen LogP contribution in [0, 0.1) is 0 Å². The minimum absolute atomic E-state index is 0.0767. The van der Waals surface area contributed by atoms with E-state index in [1.165, 1.54) is 0 Å². The number of hydrogen-bond donors (Lipinski definition) is 0. The molecule has 0 radical (unpaired) electrons. The van der Waals surface area contributed by atoms with Gasteiger partial charge in [-0.3, -0.25) is 9.59 Å². The fraction of sp³-hybridized carbons (Fsp3) is 0.391. The normalized spacial score (nSPS) is 20.5. The molecule has 152 valence electrons. The van der Waals surface area contributed by atoms with Crippen molar-refractivity contribution in [3.63, 3.8) is 0 Å². The fourth-order valence-electron chi connectivity index (χ4n) is 3.81. The van der Waals surface area contributed by atoms with Gasteiger partial charge in [0.25, 0.3) is 5.91 Å². The molecule has 2 heterocycles. The first-order valence-electron chi connectivity index (χ1n) is 10.2. The van der Waals surface area contributed by atoms with Gasteiger partial charge in [0.15, 0.2) is 0 Å². The first-order chi connectivity index (χ1) is 14.2. The van der Waals surface area contributed by atoms with E-state index in [9.17, 15) is 9.59 Å². The number of benzene rings is 2. The van der Waals surface area contributed by atoms with Gasteiger partial charge in [-0.15, -0.1) is 11.8 Å². The third kappa shape index (κ3) is 4.82. The van der Waals surface area contributed by atoms with E-state index in [0.717, 1.165) is 23.3 Å². The molecule has 2 aromatic carbocycles. The number of piperazine rings is 1. The van der Waals surface area contributed by atoms with E-state index in [0.29, 0.717) is 32.8 Å². The van der Waals surface area contributed by atoms with Crippen LogP contribution in [0.5, 0.6) is 0 Å². The van der Waals surface area contributed by atoms with Crippen LogP contribution in [0.1, 0.15) is 23.7 Å². The molecule has 2 saturated heterocycles. The molecular formula is C23H26N2O3S.